The first-order valence-corrected chi connectivity index (χ1v) is 7.53. The summed E-state index contributed by atoms with van der Waals surface area (Å²) in [4.78, 5) is 4.55. The number of hydrogen-bond acceptors (Lipinski definition) is 4. The number of rotatable bonds is 3. The van der Waals surface area contributed by atoms with Gasteiger partial charge in [-0.05, 0) is 32.2 Å². The average molecular weight is 338 g/mol. The Morgan fingerprint density at radius 3 is 2.80 bits per heavy atom. The molecule has 0 bridgehead atoms. The number of likely N-dealkylation sites (N-methyl/N-ethyl adjacent to an activating group) is 1. The number of halogens is 1. The standard InChI is InChI=1S/C15H20BrN3O/c1-11-10-19(7-6-18(11)2)14(9-17)13-8-12(16)4-5-15(13)20-3/h4-5,8,11,14H,6-7,10H2,1-3H3. The number of benzene rings is 1. The minimum atomic E-state index is -0.265. The predicted octanol–water partition coefficient (Wildman–Crippen LogP) is 2.66. The van der Waals surface area contributed by atoms with Crippen LogP contribution in [0, 0.1) is 11.3 Å². The number of nitriles is 1. The van der Waals surface area contributed by atoms with Crippen LogP contribution in [-0.2, 0) is 0 Å². The Bertz CT molecular complexity index is 514. The molecule has 20 heavy (non-hydrogen) atoms. The van der Waals surface area contributed by atoms with Crippen molar-refractivity contribution in [3.05, 3.63) is 28.2 Å². The highest BCUT2D eigenvalue weighted by molar-refractivity contribution is 9.10. The van der Waals surface area contributed by atoms with Crippen molar-refractivity contribution >= 4 is 15.9 Å². The molecule has 1 saturated heterocycles. The molecule has 0 saturated carbocycles. The number of ether oxygens (including phenoxy) is 1. The molecular weight excluding hydrogens is 318 g/mol. The molecule has 0 radical (unpaired) electrons. The fourth-order valence-electron chi connectivity index (χ4n) is 2.58. The molecule has 2 unspecified atom stereocenters. The maximum absolute atomic E-state index is 9.62. The first-order valence-electron chi connectivity index (χ1n) is 6.74. The van der Waals surface area contributed by atoms with E-state index in [1.54, 1.807) is 7.11 Å². The van der Waals surface area contributed by atoms with Gasteiger partial charge in [-0.15, -0.1) is 0 Å². The van der Waals surface area contributed by atoms with Gasteiger partial charge in [0, 0.05) is 35.7 Å². The van der Waals surface area contributed by atoms with Crippen LogP contribution in [-0.4, -0.2) is 49.6 Å². The number of nitrogens with zero attached hydrogens (tertiary/aromatic N) is 3. The molecule has 1 fully saturated rings. The monoisotopic (exact) mass is 337 g/mol. The summed E-state index contributed by atoms with van der Waals surface area (Å²) >= 11 is 3.48. The summed E-state index contributed by atoms with van der Waals surface area (Å²) < 4.78 is 6.38. The van der Waals surface area contributed by atoms with Gasteiger partial charge in [-0.25, -0.2) is 0 Å². The minimum Gasteiger partial charge on any atom is -0.496 e. The summed E-state index contributed by atoms with van der Waals surface area (Å²) in [5.74, 6) is 0.770. The number of piperazine rings is 1. The molecule has 0 amide bonds. The van der Waals surface area contributed by atoms with Gasteiger partial charge in [0.05, 0.1) is 13.2 Å². The molecule has 2 rings (SSSR count). The lowest BCUT2D eigenvalue weighted by molar-refractivity contribution is 0.0873. The number of hydrogen-bond donors (Lipinski definition) is 0. The molecule has 1 aromatic carbocycles. The van der Waals surface area contributed by atoms with Gasteiger partial charge in [0.15, 0.2) is 0 Å². The second-order valence-electron chi connectivity index (χ2n) is 5.24. The van der Waals surface area contributed by atoms with Gasteiger partial charge in [0.25, 0.3) is 0 Å². The zero-order valence-corrected chi connectivity index (χ0v) is 13.7. The highest BCUT2D eigenvalue weighted by Crippen LogP contribution is 2.32. The topological polar surface area (TPSA) is 39.5 Å². The lowest BCUT2D eigenvalue weighted by atomic mass is 10.0. The van der Waals surface area contributed by atoms with Crippen molar-refractivity contribution in [3.63, 3.8) is 0 Å². The quantitative estimate of drug-likeness (QED) is 0.850. The Morgan fingerprint density at radius 1 is 1.45 bits per heavy atom. The van der Waals surface area contributed by atoms with Crippen molar-refractivity contribution in [1.29, 1.82) is 5.26 Å². The molecule has 0 aliphatic carbocycles. The highest BCUT2D eigenvalue weighted by Gasteiger charge is 2.29. The Labute approximate surface area is 129 Å². The zero-order chi connectivity index (χ0) is 14.7. The lowest BCUT2D eigenvalue weighted by Gasteiger charge is -2.40. The van der Waals surface area contributed by atoms with Gasteiger partial charge in [0.1, 0.15) is 11.8 Å². The maximum Gasteiger partial charge on any atom is 0.127 e. The zero-order valence-electron chi connectivity index (χ0n) is 12.1. The van der Waals surface area contributed by atoms with Crippen LogP contribution in [0.25, 0.3) is 0 Å². The average Bonchev–Trinajstić information content (AvgIpc) is 2.44. The van der Waals surface area contributed by atoms with Gasteiger partial charge in [0.2, 0.25) is 0 Å². The fraction of sp³-hybridized carbons (Fsp3) is 0.533. The first-order chi connectivity index (χ1) is 9.56. The number of methoxy groups -OCH3 is 1. The molecule has 108 valence electrons. The van der Waals surface area contributed by atoms with Crippen LogP contribution in [0.5, 0.6) is 5.75 Å². The molecule has 5 heteroatoms. The third kappa shape index (κ3) is 3.14. The molecule has 1 aromatic rings. The van der Waals surface area contributed by atoms with E-state index in [4.69, 9.17) is 4.74 Å². The van der Waals surface area contributed by atoms with Crippen molar-refractivity contribution in [2.45, 2.75) is 19.0 Å². The molecule has 0 N–H and O–H groups in total. The Balaban J connectivity index is 2.29. The van der Waals surface area contributed by atoms with E-state index < -0.39 is 0 Å². The highest BCUT2D eigenvalue weighted by atomic mass is 79.9. The van der Waals surface area contributed by atoms with Gasteiger partial charge in [-0.2, -0.15) is 5.26 Å². The van der Waals surface area contributed by atoms with Crippen LogP contribution in [0.2, 0.25) is 0 Å². The van der Waals surface area contributed by atoms with Crippen molar-refractivity contribution in [1.82, 2.24) is 9.80 Å². The van der Waals surface area contributed by atoms with Crippen molar-refractivity contribution < 1.29 is 4.74 Å². The second kappa shape index (κ2) is 6.57. The second-order valence-corrected chi connectivity index (χ2v) is 6.16. The summed E-state index contributed by atoms with van der Waals surface area (Å²) in [5.41, 5.74) is 0.932. The van der Waals surface area contributed by atoms with E-state index in [-0.39, 0.29) is 6.04 Å². The summed E-state index contributed by atoms with van der Waals surface area (Å²) in [5, 5.41) is 9.62. The van der Waals surface area contributed by atoms with E-state index in [1.807, 2.05) is 18.2 Å². The Morgan fingerprint density at radius 2 is 2.20 bits per heavy atom. The van der Waals surface area contributed by atoms with Crippen LogP contribution in [0.1, 0.15) is 18.5 Å². The van der Waals surface area contributed by atoms with E-state index in [2.05, 4.69) is 45.8 Å². The minimum absolute atomic E-state index is 0.265. The van der Waals surface area contributed by atoms with Crippen LogP contribution in [0.3, 0.4) is 0 Å². The molecule has 0 aromatic heterocycles. The SMILES string of the molecule is COc1ccc(Br)cc1C(C#N)N1CCN(C)C(C)C1. The summed E-state index contributed by atoms with van der Waals surface area (Å²) in [7, 11) is 3.77. The van der Waals surface area contributed by atoms with Crippen molar-refractivity contribution in [3.8, 4) is 11.8 Å². The van der Waals surface area contributed by atoms with Gasteiger partial charge in [-0.3, -0.25) is 4.90 Å². The van der Waals surface area contributed by atoms with E-state index in [9.17, 15) is 5.26 Å². The normalized spacial score (nSPS) is 22.2. The fourth-order valence-corrected chi connectivity index (χ4v) is 2.96. The van der Waals surface area contributed by atoms with Crippen LogP contribution >= 0.6 is 15.9 Å². The molecule has 4 nitrogen and oxygen atoms in total. The van der Waals surface area contributed by atoms with Gasteiger partial charge < -0.3 is 9.64 Å². The largest absolute Gasteiger partial charge is 0.496 e. The van der Waals surface area contributed by atoms with E-state index in [1.165, 1.54) is 0 Å². The Hall–Kier alpha value is -1.09. The van der Waals surface area contributed by atoms with Gasteiger partial charge in [-0.1, -0.05) is 15.9 Å². The van der Waals surface area contributed by atoms with Gasteiger partial charge >= 0.3 is 0 Å². The predicted molar refractivity (Wildman–Crippen MR) is 82.7 cm³/mol. The smallest absolute Gasteiger partial charge is 0.127 e. The molecule has 1 aliphatic rings. The molecule has 1 heterocycles. The van der Waals surface area contributed by atoms with E-state index in [0.717, 1.165) is 35.4 Å². The van der Waals surface area contributed by atoms with Crippen molar-refractivity contribution in [2.24, 2.45) is 0 Å². The van der Waals surface area contributed by atoms with Crippen LogP contribution in [0.15, 0.2) is 22.7 Å². The summed E-state index contributed by atoms with van der Waals surface area (Å²) in [6.45, 7) is 4.97. The first kappa shape index (κ1) is 15.3. The third-order valence-electron chi connectivity index (χ3n) is 3.96. The van der Waals surface area contributed by atoms with E-state index in [0.29, 0.717) is 6.04 Å². The molecule has 0 spiro atoms. The molecular formula is C15H20BrN3O. The third-order valence-corrected chi connectivity index (χ3v) is 4.46. The van der Waals surface area contributed by atoms with Crippen LogP contribution < -0.4 is 4.74 Å². The maximum atomic E-state index is 9.62. The summed E-state index contributed by atoms with van der Waals surface area (Å²) in [6, 6.07) is 8.44. The molecule has 2 atom stereocenters. The lowest BCUT2D eigenvalue weighted by Crippen LogP contribution is -2.50. The Kier molecular flexibility index (Phi) is 5.03. The van der Waals surface area contributed by atoms with E-state index >= 15 is 0 Å². The van der Waals surface area contributed by atoms with Crippen LogP contribution in [0.4, 0.5) is 0 Å². The summed E-state index contributed by atoms with van der Waals surface area (Å²) in [6.07, 6.45) is 0. The molecule has 1 aliphatic heterocycles. The van der Waals surface area contributed by atoms with Crippen molar-refractivity contribution in [2.75, 3.05) is 33.8 Å².